The second kappa shape index (κ2) is 6.62. The van der Waals surface area contributed by atoms with E-state index in [1.165, 1.54) is 6.42 Å². The van der Waals surface area contributed by atoms with Crippen molar-refractivity contribution >= 4 is 29.1 Å². The lowest BCUT2D eigenvalue weighted by Gasteiger charge is -2.35. The second-order valence-corrected chi connectivity index (χ2v) is 6.18. The van der Waals surface area contributed by atoms with Crippen molar-refractivity contribution in [3.63, 3.8) is 0 Å². The highest BCUT2D eigenvalue weighted by Crippen LogP contribution is 2.27. The summed E-state index contributed by atoms with van der Waals surface area (Å²) in [6.45, 7) is 0. The lowest BCUT2D eigenvalue weighted by atomic mass is 9.93. The van der Waals surface area contributed by atoms with Crippen LogP contribution in [0.1, 0.15) is 31.2 Å². The Bertz CT molecular complexity index is 450. The van der Waals surface area contributed by atoms with Crippen molar-refractivity contribution in [3.05, 3.63) is 34.9 Å². The SMILES string of the molecule is CN(C(=O)Cc1cccc(Cl)c1)C1CCCCC1Cl. The molecule has 0 radical (unpaired) electrons. The molecule has 1 aliphatic carbocycles. The van der Waals surface area contributed by atoms with Crippen LogP contribution in [-0.2, 0) is 11.2 Å². The summed E-state index contributed by atoms with van der Waals surface area (Å²) in [5.74, 6) is 0.111. The molecular formula is C15H19Cl2NO. The molecule has 1 aromatic rings. The van der Waals surface area contributed by atoms with Crippen LogP contribution in [0.25, 0.3) is 0 Å². The number of nitrogens with zero attached hydrogens (tertiary/aromatic N) is 1. The van der Waals surface area contributed by atoms with Crippen molar-refractivity contribution in [1.29, 1.82) is 0 Å². The van der Waals surface area contributed by atoms with E-state index < -0.39 is 0 Å². The van der Waals surface area contributed by atoms with Gasteiger partial charge in [0.15, 0.2) is 0 Å². The Morgan fingerprint density at radius 3 is 2.79 bits per heavy atom. The minimum Gasteiger partial charge on any atom is -0.341 e. The fraction of sp³-hybridized carbons (Fsp3) is 0.533. The van der Waals surface area contributed by atoms with Crippen LogP contribution in [0.15, 0.2) is 24.3 Å². The first-order chi connectivity index (χ1) is 9.08. The van der Waals surface area contributed by atoms with Crippen molar-refractivity contribution in [2.45, 2.75) is 43.5 Å². The molecule has 0 N–H and O–H groups in total. The molecule has 1 aromatic carbocycles. The number of alkyl halides is 1. The Kier molecular flexibility index (Phi) is 5.12. The van der Waals surface area contributed by atoms with E-state index in [4.69, 9.17) is 23.2 Å². The molecular weight excluding hydrogens is 281 g/mol. The van der Waals surface area contributed by atoms with Crippen LogP contribution in [0.2, 0.25) is 5.02 Å². The van der Waals surface area contributed by atoms with Crippen molar-refractivity contribution in [1.82, 2.24) is 4.90 Å². The number of amides is 1. The first kappa shape index (κ1) is 14.7. The van der Waals surface area contributed by atoms with Gasteiger partial charge in [-0.3, -0.25) is 4.79 Å². The average Bonchev–Trinajstić information content (AvgIpc) is 2.38. The van der Waals surface area contributed by atoms with E-state index in [9.17, 15) is 4.79 Å². The van der Waals surface area contributed by atoms with Gasteiger partial charge in [-0.25, -0.2) is 0 Å². The van der Waals surface area contributed by atoms with Crippen LogP contribution >= 0.6 is 23.2 Å². The third-order valence-corrected chi connectivity index (χ3v) is 4.53. The molecule has 0 aromatic heterocycles. The Morgan fingerprint density at radius 2 is 2.11 bits per heavy atom. The highest BCUT2D eigenvalue weighted by Gasteiger charge is 2.29. The largest absolute Gasteiger partial charge is 0.341 e. The normalized spacial score (nSPS) is 23.1. The van der Waals surface area contributed by atoms with E-state index in [1.54, 1.807) is 0 Å². The van der Waals surface area contributed by atoms with Crippen LogP contribution < -0.4 is 0 Å². The molecule has 0 heterocycles. The van der Waals surface area contributed by atoms with Crippen molar-refractivity contribution < 1.29 is 4.79 Å². The Balaban J connectivity index is 1.99. The first-order valence-electron chi connectivity index (χ1n) is 6.72. The standard InChI is InChI=1S/C15H19Cl2NO/c1-18(14-8-3-2-7-13(14)17)15(19)10-11-5-4-6-12(16)9-11/h4-6,9,13-14H,2-3,7-8,10H2,1H3. The summed E-state index contributed by atoms with van der Waals surface area (Å²) in [6.07, 6.45) is 4.72. The van der Waals surface area contributed by atoms with Crippen LogP contribution in [0.3, 0.4) is 0 Å². The number of likely N-dealkylation sites (N-methyl/N-ethyl adjacent to an activating group) is 1. The maximum atomic E-state index is 12.3. The summed E-state index contributed by atoms with van der Waals surface area (Å²) in [5, 5.41) is 0.753. The highest BCUT2D eigenvalue weighted by atomic mass is 35.5. The van der Waals surface area contributed by atoms with Gasteiger partial charge in [0, 0.05) is 18.1 Å². The minimum atomic E-state index is 0.0852. The van der Waals surface area contributed by atoms with Gasteiger partial charge in [0.25, 0.3) is 0 Å². The minimum absolute atomic E-state index is 0.0852. The maximum absolute atomic E-state index is 12.3. The van der Waals surface area contributed by atoms with E-state index in [0.717, 1.165) is 24.8 Å². The number of hydrogen-bond acceptors (Lipinski definition) is 1. The maximum Gasteiger partial charge on any atom is 0.227 e. The zero-order chi connectivity index (χ0) is 13.8. The molecule has 1 fully saturated rings. The third kappa shape index (κ3) is 3.87. The fourth-order valence-electron chi connectivity index (χ4n) is 2.63. The van der Waals surface area contributed by atoms with E-state index in [-0.39, 0.29) is 17.3 Å². The summed E-state index contributed by atoms with van der Waals surface area (Å²) in [5.41, 5.74) is 0.950. The predicted octanol–water partition coefficient (Wildman–Crippen LogP) is 3.89. The quantitative estimate of drug-likeness (QED) is 0.776. The number of carbonyl (C=O) groups is 1. The molecule has 4 heteroatoms. The van der Waals surface area contributed by atoms with Gasteiger partial charge in [0.05, 0.1) is 11.8 Å². The van der Waals surface area contributed by atoms with Gasteiger partial charge < -0.3 is 4.90 Å². The smallest absolute Gasteiger partial charge is 0.227 e. The molecule has 104 valence electrons. The lowest BCUT2D eigenvalue weighted by molar-refractivity contribution is -0.131. The van der Waals surface area contributed by atoms with Crippen molar-refractivity contribution in [2.24, 2.45) is 0 Å². The topological polar surface area (TPSA) is 20.3 Å². The second-order valence-electron chi connectivity index (χ2n) is 5.18. The summed E-state index contributed by atoms with van der Waals surface area (Å²) in [4.78, 5) is 14.1. The van der Waals surface area contributed by atoms with Crippen molar-refractivity contribution in [3.8, 4) is 0 Å². The lowest BCUT2D eigenvalue weighted by Crippen LogP contribution is -2.44. The molecule has 19 heavy (non-hydrogen) atoms. The Labute approximate surface area is 124 Å². The molecule has 0 bridgehead atoms. The van der Waals surface area contributed by atoms with Crippen LogP contribution in [0, 0.1) is 0 Å². The summed E-state index contributed by atoms with van der Waals surface area (Å²) in [6, 6.07) is 7.62. The summed E-state index contributed by atoms with van der Waals surface area (Å²) in [7, 11) is 1.86. The van der Waals surface area contributed by atoms with Gasteiger partial charge in [0.2, 0.25) is 5.91 Å². The van der Waals surface area contributed by atoms with E-state index in [2.05, 4.69) is 0 Å². The van der Waals surface area contributed by atoms with Crippen LogP contribution in [0.4, 0.5) is 0 Å². The number of rotatable bonds is 3. The van der Waals surface area contributed by atoms with E-state index in [1.807, 2.05) is 36.2 Å². The van der Waals surface area contributed by atoms with E-state index >= 15 is 0 Å². The van der Waals surface area contributed by atoms with Gasteiger partial charge in [-0.05, 0) is 30.5 Å². The molecule has 2 nitrogen and oxygen atoms in total. The molecule has 2 rings (SSSR count). The summed E-state index contributed by atoms with van der Waals surface area (Å²) < 4.78 is 0. The van der Waals surface area contributed by atoms with E-state index in [0.29, 0.717) is 11.4 Å². The predicted molar refractivity (Wildman–Crippen MR) is 79.8 cm³/mol. The summed E-state index contributed by atoms with van der Waals surface area (Å²) >= 11 is 12.3. The highest BCUT2D eigenvalue weighted by molar-refractivity contribution is 6.30. The number of halogens is 2. The average molecular weight is 300 g/mol. The fourth-order valence-corrected chi connectivity index (χ4v) is 3.30. The Hall–Kier alpha value is -0.730. The molecule has 0 aliphatic heterocycles. The van der Waals surface area contributed by atoms with Gasteiger partial charge in [-0.2, -0.15) is 0 Å². The van der Waals surface area contributed by atoms with Crippen LogP contribution in [0.5, 0.6) is 0 Å². The molecule has 2 atom stereocenters. The van der Waals surface area contributed by atoms with Gasteiger partial charge in [0.1, 0.15) is 0 Å². The van der Waals surface area contributed by atoms with Crippen molar-refractivity contribution in [2.75, 3.05) is 7.05 Å². The van der Waals surface area contributed by atoms with Gasteiger partial charge >= 0.3 is 0 Å². The number of hydrogen-bond donors (Lipinski definition) is 0. The number of benzene rings is 1. The molecule has 0 spiro atoms. The van der Waals surface area contributed by atoms with Gasteiger partial charge in [-0.1, -0.05) is 36.6 Å². The molecule has 2 unspecified atom stereocenters. The first-order valence-corrected chi connectivity index (χ1v) is 7.53. The van der Waals surface area contributed by atoms with Gasteiger partial charge in [-0.15, -0.1) is 11.6 Å². The third-order valence-electron chi connectivity index (χ3n) is 3.78. The number of carbonyl (C=O) groups excluding carboxylic acids is 1. The molecule has 1 aliphatic rings. The Morgan fingerprint density at radius 1 is 1.37 bits per heavy atom. The zero-order valence-corrected chi connectivity index (χ0v) is 12.6. The van der Waals surface area contributed by atoms with Crippen LogP contribution in [-0.4, -0.2) is 29.3 Å². The molecule has 1 amide bonds. The molecule has 0 saturated heterocycles. The zero-order valence-electron chi connectivity index (χ0n) is 11.1. The monoisotopic (exact) mass is 299 g/mol. The molecule has 1 saturated carbocycles.